The number of nitrogens with zero attached hydrogens (tertiary/aromatic N) is 1. The maximum atomic E-state index is 12.7. The molecule has 0 saturated heterocycles. The Morgan fingerprint density at radius 1 is 1.39 bits per heavy atom. The van der Waals surface area contributed by atoms with Crippen LogP contribution in [0.1, 0.15) is 31.7 Å². The number of rotatable bonds is 3. The van der Waals surface area contributed by atoms with Gasteiger partial charge in [0.25, 0.3) is 0 Å². The monoisotopic (exact) mass is 258 g/mol. The predicted octanol–water partition coefficient (Wildman–Crippen LogP) is 3.95. The lowest BCUT2D eigenvalue weighted by atomic mass is 9.98. The first-order chi connectivity index (χ1) is 8.48. The zero-order chi connectivity index (χ0) is 13.2. The summed E-state index contributed by atoms with van der Waals surface area (Å²) in [7, 11) is 0. The number of aromatic nitrogens is 1. The third-order valence-corrected chi connectivity index (χ3v) is 3.68. The van der Waals surface area contributed by atoms with Crippen LogP contribution in [0.3, 0.4) is 0 Å². The van der Waals surface area contributed by atoms with Crippen LogP contribution in [-0.2, 0) is 6.18 Å². The molecule has 1 aliphatic carbocycles. The van der Waals surface area contributed by atoms with Crippen molar-refractivity contribution < 1.29 is 13.2 Å². The summed E-state index contributed by atoms with van der Waals surface area (Å²) < 4.78 is 38.2. The van der Waals surface area contributed by atoms with Gasteiger partial charge in [0.05, 0.1) is 5.56 Å². The smallest absolute Gasteiger partial charge is 0.369 e. The van der Waals surface area contributed by atoms with Crippen LogP contribution in [0, 0.1) is 11.8 Å². The average molecular weight is 258 g/mol. The summed E-state index contributed by atoms with van der Waals surface area (Å²) in [6.45, 7) is 2.73. The molecule has 0 radical (unpaired) electrons. The van der Waals surface area contributed by atoms with Crippen molar-refractivity contribution in [3.05, 3.63) is 23.9 Å². The van der Waals surface area contributed by atoms with Gasteiger partial charge in [-0.2, -0.15) is 13.2 Å². The Labute approximate surface area is 105 Å². The first-order valence-electron chi connectivity index (χ1n) is 6.24. The average Bonchev–Trinajstić information content (AvgIpc) is 2.71. The summed E-state index contributed by atoms with van der Waals surface area (Å²) in [6, 6.07) is 2.37. The molecule has 0 spiro atoms. The van der Waals surface area contributed by atoms with Crippen LogP contribution in [0.4, 0.5) is 19.0 Å². The van der Waals surface area contributed by atoms with Gasteiger partial charge in [-0.25, -0.2) is 4.98 Å². The maximum absolute atomic E-state index is 12.7. The fourth-order valence-corrected chi connectivity index (χ4v) is 2.53. The molecule has 1 heterocycles. The van der Waals surface area contributed by atoms with Crippen molar-refractivity contribution in [1.29, 1.82) is 0 Å². The summed E-state index contributed by atoms with van der Waals surface area (Å²) in [6.07, 6.45) is 0.457. The van der Waals surface area contributed by atoms with E-state index in [-0.39, 0.29) is 5.82 Å². The van der Waals surface area contributed by atoms with E-state index in [1.807, 2.05) is 0 Å². The van der Waals surface area contributed by atoms with Gasteiger partial charge < -0.3 is 5.32 Å². The van der Waals surface area contributed by atoms with Gasteiger partial charge in [0.15, 0.2) is 0 Å². The minimum atomic E-state index is -4.35. The number of pyridine rings is 1. The largest absolute Gasteiger partial charge is 0.419 e. The molecule has 1 N–H and O–H groups in total. The van der Waals surface area contributed by atoms with Gasteiger partial charge >= 0.3 is 6.18 Å². The topological polar surface area (TPSA) is 24.9 Å². The molecule has 1 aromatic rings. The van der Waals surface area contributed by atoms with Gasteiger partial charge in [0.2, 0.25) is 0 Å². The van der Waals surface area contributed by atoms with Gasteiger partial charge in [-0.1, -0.05) is 19.8 Å². The normalized spacial score (nSPS) is 24.2. The van der Waals surface area contributed by atoms with E-state index >= 15 is 0 Å². The van der Waals surface area contributed by atoms with Crippen molar-refractivity contribution in [3.63, 3.8) is 0 Å². The van der Waals surface area contributed by atoms with Crippen LogP contribution in [0.5, 0.6) is 0 Å². The van der Waals surface area contributed by atoms with E-state index in [1.165, 1.54) is 25.1 Å². The maximum Gasteiger partial charge on any atom is 0.419 e. The second-order valence-electron chi connectivity index (χ2n) is 4.95. The van der Waals surface area contributed by atoms with Crippen LogP contribution in [-0.4, -0.2) is 11.5 Å². The highest BCUT2D eigenvalue weighted by Gasteiger charge is 2.34. The molecule has 1 fully saturated rings. The minimum Gasteiger partial charge on any atom is -0.369 e. The molecule has 0 amide bonds. The van der Waals surface area contributed by atoms with E-state index in [1.54, 1.807) is 0 Å². The first-order valence-corrected chi connectivity index (χ1v) is 6.24. The number of nitrogens with one attached hydrogen (secondary N) is 1. The third-order valence-electron chi connectivity index (χ3n) is 3.68. The lowest BCUT2D eigenvalue weighted by molar-refractivity contribution is -0.137. The Bertz CT molecular complexity index is 403. The molecule has 5 heteroatoms. The van der Waals surface area contributed by atoms with Crippen molar-refractivity contribution in [3.8, 4) is 0 Å². The molecule has 0 bridgehead atoms. The molecule has 1 saturated carbocycles. The summed E-state index contributed by atoms with van der Waals surface area (Å²) in [4.78, 5) is 3.80. The molecule has 2 rings (SSSR count). The molecule has 0 aliphatic heterocycles. The Hall–Kier alpha value is -1.26. The highest BCUT2D eigenvalue weighted by molar-refractivity contribution is 5.45. The van der Waals surface area contributed by atoms with E-state index in [9.17, 15) is 13.2 Å². The van der Waals surface area contributed by atoms with Crippen LogP contribution in [0.25, 0.3) is 0 Å². The lowest BCUT2D eigenvalue weighted by Gasteiger charge is -2.18. The number of hydrogen-bond acceptors (Lipinski definition) is 2. The van der Waals surface area contributed by atoms with Crippen LogP contribution in [0.2, 0.25) is 0 Å². The Morgan fingerprint density at radius 3 is 2.78 bits per heavy atom. The molecule has 100 valence electrons. The molecule has 18 heavy (non-hydrogen) atoms. The fraction of sp³-hybridized carbons (Fsp3) is 0.615. The number of halogens is 3. The van der Waals surface area contributed by atoms with Crippen LogP contribution in [0.15, 0.2) is 18.3 Å². The molecular formula is C13H17F3N2. The van der Waals surface area contributed by atoms with E-state index in [2.05, 4.69) is 17.2 Å². The van der Waals surface area contributed by atoms with Crippen LogP contribution < -0.4 is 5.32 Å². The highest BCUT2D eigenvalue weighted by Crippen LogP contribution is 2.35. The quantitative estimate of drug-likeness (QED) is 0.888. The first kappa shape index (κ1) is 13.2. The van der Waals surface area contributed by atoms with Crippen molar-refractivity contribution in [2.45, 2.75) is 32.4 Å². The van der Waals surface area contributed by atoms with Gasteiger partial charge in [-0.15, -0.1) is 0 Å². The molecular weight excluding hydrogens is 241 g/mol. The van der Waals surface area contributed by atoms with E-state index in [0.717, 1.165) is 12.5 Å². The highest BCUT2D eigenvalue weighted by atomic mass is 19.4. The summed E-state index contributed by atoms with van der Waals surface area (Å²) in [5, 5.41) is 2.86. The molecule has 2 unspecified atom stereocenters. The molecule has 2 atom stereocenters. The second kappa shape index (κ2) is 5.16. The summed E-state index contributed by atoms with van der Waals surface area (Å²) in [5.74, 6) is 0.979. The van der Waals surface area contributed by atoms with E-state index in [4.69, 9.17) is 0 Å². The van der Waals surface area contributed by atoms with Gasteiger partial charge in [0, 0.05) is 12.7 Å². The Morgan fingerprint density at radius 2 is 2.17 bits per heavy atom. The SMILES string of the molecule is CC1CCCC1CNc1ncccc1C(F)(F)F. The van der Waals surface area contributed by atoms with E-state index in [0.29, 0.717) is 18.4 Å². The number of hydrogen-bond donors (Lipinski definition) is 1. The van der Waals surface area contributed by atoms with E-state index < -0.39 is 11.7 Å². The molecule has 1 aliphatic rings. The predicted molar refractivity (Wildman–Crippen MR) is 64.2 cm³/mol. The van der Waals surface area contributed by atoms with Gasteiger partial charge in [0.1, 0.15) is 5.82 Å². The Balaban J connectivity index is 2.05. The fourth-order valence-electron chi connectivity index (χ4n) is 2.53. The molecule has 0 aromatic carbocycles. The van der Waals surface area contributed by atoms with Gasteiger partial charge in [-0.3, -0.25) is 0 Å². The van der Waals surface area contributed by atoms with Crippen molar-refractivity contribution in [2.75, 3.05) is 11.9 Å². The van der Waals surface area contributed by atoms with Crippen molar-refractivity contribution in [2.24, 2.45) is 11.8 Å². The van der Waals surface area contributed by atoms with Gasteiger partial charge in [-0.05, 0) is 30.4 Å². The molecule has 1 aromatic heterocycles. The summed E-state index contributed by atoms with van der Waals surface area (Å²) in [5.41, 5.74) is -0.685. The number of alkyl halides is 3. The van der Waals surface area contributed by atoms with Crippen molar-refractivity contribution >= 4 is 5.82 Å². The molecule has 2 nitrogen and oxygen atoms in total. The zero-order valence-corrected chi connectivity index (χ0v) is 10.3. The van der Waals surface area contributed by atoms with Crippen molar-refractivity contribution in [1.82, 2.24) is 4.98 Å². The standard InChI is InChI=1S/C13H17F3N2/c1-9-4-2-5-10(9)8-18-12-11(13(14,15)16)6-3-7-17-12/h3,6-7,9-10H,2,4-5,8H2,1H3,(H,17,18). The number of anilines is 1. The Kier molecular flexibility index (Phi) is 3.78. The lowest BCUT2D eigenvalue weighted by Crippen LogP contribution is -2.19. The summed E-state index contributed by atoms with van der Waals surface area (Å²) >= 11 is 0. The second-order valence-corrected chi connectivity index (χ2v) is 4.95. The minimum absolute atomic E-state index is 0.0518. The zero-order valence-electron chi connectivity index (χ0n) is 10.3. The van der Waals surface area contributed by atoms with Crippen LogP contribution >= 0.6 is 0 Å². The third kappa shape index (κ3) is 2.94.